The molecular weight excluding hydrogens is 475 g/mol. The van der Waals surface area contributed by atoms with Gasteiger partial charge in [0.1, 0.15) is 17.2 Å². The minimum atomic E-state index is -4.76. The molecule has 180 valence electrons. The lowest BCUT2D eigenvalue weighted by Crippen LogP contribution is -2.18. The number of benzene rings is 1. The topological polar surface area (TPSA) is 152 Å². The third kappa shape index (κ3) is 6.31. The van der Waals surface area contributed by atoms with Crippen LogP contribution in [0.1, 0.15) is 28.4 Å². The summed E-state index contributed by atoms with van der Waals surface area (Å²) in [7, 11) is -3.65. The van der Waals surface area contributed by atoms with Gasteiger partial charge in [-0.1, -0.05) is 12.1 Å². The highest BCUT2D eigenvalue weighted by Gasteiger charge is 2.35. The number of nitrogens with two attached hydrogens (primary N) is 1. The number of rotatable bonds is 9. The van der Waals surface area contributed by atoms with Gasteiger partial charge in [0.05, 0.1) is 5.75 Å². The molecule has 3 rings (SSSR count). The predicted octanol–water partition coefficient (Wildman–Crippen LogP) is 3.11. The molecule has 10 nitrogen and oxygen atoms in total. The van der Waals surface area contributed by atoms with Crippen molar-refractivity contribution in [2.45, 2.75) is 19.6 Å². The molecule has 2 aromatic heterocycles. The van der Waals surface area contributed by atoms with Crippen molar-refractivity contribution < 1.29 is 26.4 Å². The van der Waals surface area contributed by atoms with Gasteiger partial charge in [-0.3, -0.25) is 9.52 Å². The number of alkyl halides is 3. The lowest BCUT2D eigenvalue weighted by molar-refractivity contribution is -0.137. The fourth-order valence-electron chi connectivity index (χ4n) is 2.74. The number of sulfonamides is 1. The number of primary amides is 1. The summed E-state index contributed by atoms with van der Waals surface area (Å²) in [6.45, 7) is 1.22. The minimum absolute atomic E-state index is 0.0129. The van der Waals surface area contributed by atoms with Crippen LogP contribution in [0.4, 0.5) is 36.4 Å². The molecular formula is C20H20F3N7O3S. The maximum atomic E-state index is 13.5. The summed E-state index contributed by atoms with van der Waals surface area (Å²) in [6, 6.07) is 9.00. The van der Waals surface area contributed by atoms with E-state index in [1.165, 1.54) is 43.5 Å². The van der Waals surface area contributed by atoms with Gasteiger partial charge in [0, 0.05) is 35.8 Å². The average molecular weight is 495 g/mol. The van der Waals surface area contributed by atoms with E-state index in [9.17, 15) is 26.4 Å². The molecule has 2 heterocycles. The van der Waals surface area contributed by atoms with E-state index in [0.717, 1.165) is 0 Å². The molecule has 0 spiro atoms. The zero-order valence-corrected chi connectivity index (χ0v) is 18.5. The fourth-order valence-corrected chi connectivity index (χ4v) is 3.36. The van der Waals surface area contributed by atoms with E-state index in [-0.39, 0.29) is 29.6 Å². The molecule has 0 atom stereocenters. The number of hydrogen-bond donors (Lipinski definition) is 4. The quantitative estimate of drug-likeness (QED) is 0.353. The Morgan fingerprint density at radius 1 is 1.12 bits per heavy atom. The Balaban J connectivity index is 1.89. The lowest BCUT2D eigenvalue weighted by atomic mass is 10.2. The first-order chi connectivity index (χ1) is 16.0. The van der Waals surface area contributed by atoms with Crippen LogP contribution in [0.3, 0.4) is 0 Å². The van der Waals surface area contributed by atoms with Crippen LogP contribution < -0.4 is 21.1 Å². The van der Waals surface area contributed by atoms with Crippen molar-refractivity contribution in [1.82, 2.24) is 15.0 Å². The second-order valence-corrected chi connectivity index (χ2v) is 8.90. The highest BCUT2D eigenvalue weighted by molar-refractivity contribution is 7.92. The number of anilines is 4. The van der Waals surface area contributed by atoms with Crippen LogP contribution >= 0.6 is 0 Å². The third-order valence-corrected chi connectivity index (χ3v) is 5.73. The van der Waals surface area contributed by atoms with Crippen molar-refractivity contribution in [2.24, 2.45) is 5.73 Å². The molecule has 0 fully saturated rings. The lowest BCUT2D eigenvalue weighted by Gasteiger charge is -2.16. The van der Waals surface area contributed by atoms with Crippen LogP contribution in [0.25, 0.3) is 0 Å². The molecule has 1 amide bonds. The summed E-state index contributed by atoms with van der Waals surface area (Å²) < 4.78 is 66.6. The van der Waals surface area contributed by atoms with Crippen molar-refractivity contribution in [2.75, 3.05) is 21.1 Å². The Morgan fingerprint density at radius 2 is 1.88 bits per heavy atom. The fraction of sp³-hybridized carbons (Fsp3) is 0.200. The monoisotopic (exact) mass is 495 g/mol. The first-order valence-electron chi connectivity index (χ1n) is 9.78. The number of nitrogens with one attached hydrogen (secondary N) is 3. The number of carbonyl (C=O) groups is 1. The molecule has 0 aliphatic rings. The largest absolute Gasteiger partial charge is 0.421 e. The Kier molecular flexibility index (Phi) is 7.20. The van der Waals surface area contributed by atoms with Gasteiger partial charge in [0.15, 0.2) is 0 Å². The summed E-state index contributed by atoms with van der Waals surface area (Å²) in [5.74, 6) is -1.60. The zero-order valence-electron chi connectivity index (χ0n) is 17.7. The van der Waals surface area contributed by atoms with Crippen LogP contribution in [-0.2, 0) is 22.7 Å². The summed E-state index contributed by atoms with van der Waals surface area (Å²) in [5, 5.41) is 5.30. The van der Waals surface area contributed by atoms with Gasteiger partial charge in [-0.25, -0.2) is 18.4 Å². The van der Waals surface area contributed by atoms with E-state index < -0.39 is 33.5 Å². The second kappa shape index (κ2) is 9.91. The Bertz CT molecular complexity index is 1300. The number of halogens is 3. The molecule has 34 heavy (non-hydrogen) atoms. The standard InChI is InChI=1S/C20H20F3N7O3S/c1-2-34(32,33)30-17-13(6-4-8-25-17)10-26-18-15(20(21,22)23)11-27-19(29-18)28-14-7-3-5-12(9-14)16(24)31/h3-9,11H,2,10H2,1H3,(H2,24,31)(H,25,30)(H2,26,27,28,29). The van der Waals surface area contributed by atoms with Gasteiger partial charge in [-0.2, -0.15) is 18.2 Å². The number of hydrogen-bond acceptors (Lipinski definition) is 8. The van der Waals surface area contributed by atoms with Crippen molar-refractivity contribution in [3.8, 4) is 0 Å². The van der Waals surface area contributed by atoms with Gasteiger partial charge in [0.2, 0.25) is 21.9 Å². The van der Waals surface area contributed by atoms with Crippen molar-refractivity contribution in [3.05, 3.63) is 65.5 Å². The van der Waals surface area contributed by atoms with Gasteiger partial charge in [0.25, 0.3) is 0 Å². The van der Waals surface area contributed by atoms with Crippen LogP contribution in [0, 0.1) is 0 Å². The number of carbonyl (C=O) groups excluding carboxylic acids is 1. The van der Waals surface area contributed by atoms with Crippen molar-refractivity contribution >= 4 is 39.2 Å². The molecule has 0 saturated carbocycles. The van der Waals surface area contributed by atoms with Crippen LogP contribution in [0.2, 0.25) is 0 Å². The molecule has 0 saturated heterocycles. The Hall–Kier alpha value is -3.94. The van der Waals surface area contributed by atoms with E-state index in [0.29, 0.717) is 17.4 Å². The van der Waals surface area contributed by atoms with Crippen LogP contribution in [-0.4, -0.2) is 35.0 Å². The molecule has 5 N–H and O–H groups in total. The maximum Gasteiger partial charge on any atom is 0.421 e. The number of aromatic nitrogens is 3. The SMILES string of the molecule is CCS(=O)(=O)Nc1ncccc1CNc1nc(Nc2cccc(C(N)=O)c2)ncc1C(F)(F)F. The van der Waals surface area contributed by atoms with Gasteiger partial charge in [-0.15, -0.1) is 0 Å². The van der Waals surface area contributed by atoms with Crippen LogP contribution in [0.5, 0.6) is 0 Å². The first kappa shape index (κ1) is 24.7. The van der Waals surface area contributed by atoms with E-state index in [1.54, 1.807) is 6.07 Å². The normalized spacial score (nSPS) is 11.6. The van der Waals surface area contributed by atoms with Crippen molar-refractivity contribution in [1.29, 1.82) is 0 Å². The summed E-state index contributed by atoms with van der Waals surface area (Å²) in [5.41, 5.74) is 4.95. The molecule has 1 aromatic carbocycles. The predicted molar refractivity (Wildman–Crippen MR) is 120 cm³/mol. The van der Waals surface area contributed by atoms with Gasteiger partial charge < -0.3 is 16.4 Å². The molecule has 0 aliphatic heterocycles. The first-order valence-corrected chi connectivity index (χ1v) is 11.4. The van der Waals surface area contributed by atoms with Gasteiger partial charge >= 0.3 is 6.18 Å². The van der Waals surface area contributed by atoms with E-state index in [1.807, 2.05) is 0 Å². The molecule has 14 heteroatoms. The molecule has 0 aliphatic carbocycles. The summed E-state index contributed by atoms with van der Waals surface area (Å²) in [4.78, 5) is 22.9. The van der Waals surface area contributed by atoms with E-state index >= 15 is 0 Å². The van der Waals surface area contributed by atoms with Gasteiger partial charge in [-0.05, 0) is 31.2 Å². The Labute approximate surface area is 192 Å². The summed E-state index contributed by atoms with van der Waals surface area (Å²) >= 11 is 0. The van der Waals surface area contributed by atoms with Crippen LogP contribution in [0.15, 0.2) is 48.8 Å². The molecule has 0 unspecified atom stereocenters. The molecule has 0 radical (unpaired) electrons. The Morgan fingerprint density at radius 3 is 2.56 bits per heavy atom. The highest BCUT2D eigenvalue weighted by atomic mass is 32.2. The molecule has 3 aromatic rings. The highest BCUT2D eigenvalue weighted by Crippen LogP contribution is 2.34. The third-order valence-electron chi connectivity index (χ3n) is 4.47. The summed E-state index contributed by atoms with van der Waals surface area (Å²) in [6.07, 6.45) is -2.79. The number of pyridine rings is 1. The number of nitrogens with zero attached hydrogens (tertiary/aromatic N) is 3. The van der Waals surface area contributed by atoms with E-state index in [4.69, 9.17) is 5.73 Å². The maximum absolute atomic E-state index is 13.5. The van der Waals surface area contributed by atoms with E-state index in [2.05, 4.69) is 30.3 Å². The van der Waals surface area contributed by atoms with Crippen molar-refractivity contribution in [3.63, 3.8) is 0 Å². The molecule has 0 bridgehead atoms. The smallest absolute Gasteiger partial charge is 0.366 e. The minimum Gasteiger partial charge on any atom is -0.366 e. The zero-order chi connectivity index (χ0) is 24.9. The number of amides is 1. The average Bonchev–Trinajstić information content (AvgIpc) is 2.78. The second-order valence-electron chi connectivity index (χ2n) is 6.89.